The topological polar surface area (TPSA) is 30.2 Å². The molecule has 0 fully saturated rings. The van der Waals surface area contributed by atoms with E-state index in [-0.39, 0.29) is 12.5 Å². The molecule has 1 aromatic rings. The molecule has 0 radical (unpaired) electrons. The van der Waals surface area contributed by atoms with E-state index in [1.54, 1.807) is 0 Å². The van der Waals surface area contributed by atoms with Crippen LogP contribution < -0.4 is 4.57 Å². The van der Waals surface area contributed by atoms with Crippen molar-refractivity contribution in [1.82, 2.24) is 0 Å². The first-order valence-corrected chi connectivity index (χ1v) is 4.17. The molecule has 13 heavy (non-hydrogen) atoms. The standard InChI is InChI=1S/C10H14NO2/c1-8-4-5-11(9(2)6-8)7-10(12)13-3/h4-6H,7H2,1-3H3/q+1. The highest BCUT2D eigenvalue weighted by Gasteiger charge is 2.11. The van der Waals surface area contributed by atoms with Gasteiger partial charge in [-0.1, -0.05) is 0 Å². The van der Waals surface area contributed by atoms with Gasteiger partial charge in [0, 0.05) is 19.1 Å². The van der Waals surface area contributed by atoms with Crippen LogP contribution in [0.2, 0.25) is 0 Å². The molecule has 0 aliphatic carbocycles. The molecule has 1 aromatic heterocycles. The number of carbonyl (C=O) groups excluding carboxylic acids is 1. The Balaban J connectivity index is 2.83. The van der Waals surface area contributed by atoms with Gasteiger partial charge in [-0.05, 0) is 12.5 Å². The summed E-state index contributed by atoms with van der Waals surface area (Å²) in [6.45, 7) is 4.27. The van der Waals surface area contributed by atoms with Crippen molar-refractivity contribution in [3.8, 4) is 0 Å². The fourth-order valence-corrected chi connectivity index (χ4v) is 1.17. The molecule has 3 nitrogen and oxygen atoms in total. The number of carbonyl (C=O) groups is 1. The quantitative estimate of drug-likeness (QED) is 0.497. The third-order valence-corrected chi connectivity index (χ3v) is 1.93. The van der Waals surface area contributed by atoms with Crippen molar-refractivity contribution in [3.63, 3.8) is 0 Å². The molecule has 0 bridgehead atoms. The van der Waals surface area contributed by atoms with Crippen molar-refractivity contribution < 1.29 is 14.1 Å². The second kappa shape index (κ2) is 4.03. The summed E-state index contributed by atoms with van der Waals surface area (Å²) in [5.41, 5.74) is 2.25. The van der Waals surface area contributed by atoms with E-state index in [9.17, 15) is 4.79 Å². The normalized spacial score (nSPS) is 9.77. The van der Waals surface area contributed by atoms with Gasteiger partial charge in [0.2, 0.25) is 6.54 Å². The molecule has 0 aromatic carbocycles. The smallest absolute Gasteiger partial charge is 0.372 e. The molecule has 0 N–H and O–H groups in total. The van der Waals surface area contributed by atoms with E-state index in [4.69, 9.17) is 0 Å². The Morgan fingerprint density at radius 1 is 1.54 bits per heavy atom. The lowest BCUT2D eigenvalue weighted by Gasteiger charge is -1.99. The van der Waals surface area contributed by atoms with Crippen LogP contribution in [0.5, 0.6) is 0 Å². The van der Waals surface area contributed by atoms with E-state index < -0.39 is 0 Å². The first-order valence-electron chi connectivity index (χ1n) is 4.17. The van der Waals surface area contributed by atoms with Crippen LogP contribution in [0.1, 0.15) is 11.3 Å². The van der Waals surface area contributed by atoms with Crippen molar-refractivity contribution in [3.05, 3.63) is 29.6 Å². The summed E-state index contributed by atoms with van der Waals surface area (Å²) in [5.74, 6) is -0.225. The number of pyridine rings is 1. The predicted molar refractivity (Wildman–Crippen MR) is 48.1 cm³/mol. The number of methoxy groups -OCH3 is 1. The van der Waals surface area contributed by atoms with Crippen LogP contribution in [0.3, 0.4) is 0 Å². The Morgan fingerprint density at radius 3 is 2.77 bits per heavy atom. The van der Waals surface area contributed by atoms with E-state index in [0.29, 0.717) is 0 Å². The zero-order valence-electron chi connectivity index (χ0n) is 8.20. The Labute approximate surface area is 78.0 Å². The van der Waals surface area contributed by atoms with Gasteiger partial charge in [0.25, 0.3) is 0 Å². The summed E-state index contributed by atoms with van der Waals surface area (Å²) in [5, 5.41) is 0. The molecule has 1 rings (SSSR count). The van der Waals surface area contributed by atoms with Gasteiger partial charge in [0.15, 0.2) is 11.9 Å². The molecule has 3 heteroatoms. The number of nitrogens with zero attached hydrogens (tertiary/aromatic N) is 1. The number of aromatic nitrogens is 1. The monoisotopic (exact) mass is 180 g/mol. The fourth-order valence-electron chi connectivity index (χ4n) is 1.17. The summed E-state index contributed by atoms with van der Waals surface area (Å²) in [7, 11) is 1.40. The van der Waals surface area contributed by atoms with Gasteiger partial charge in [0.05, 0.1) is 7.11 Å². The Hall–Kier alpha value is -1.38. The lowest BCUT2D eigenvalue weighted by molar-refractivity contribution is -0.691. The molecule has 0 aliphatic heterocycles. The van der Waals surface area contributed by atoms with E-state index in [0.717, 1.165) is 5.69 Å². The van der Waals surface area contributed by atoms with Gasteiger partial charge in [-0.2, -0.15) is 4.57 Å². The van der Waals surface area contributed by atoms with Gasteiger partial charge in [-0.25, -0.2) is 4.79 Å². The summed E-state index contributed by atoms with van der Waals surface area (Å²) in [4.78, 5) is 11.0. The molecule has 0 saturated heterocycles. The van der Waals surface area contributed by atoms with Crippen molar-refractivity contribution in [2.75, 3.05) is 7.11 Å². The first kappa shape index (κ1) is 9.71. The molecular formula is C10H14NO2+. The fraction of sp³-hybridized carbons (Fsp3) is 0.400. The van der Waals surface area contributed by atoms with Crippen molar-refractivity contribution in [2.24, 2.45) is 0 Å². The Morgan fingerprint density at radius 2 is 2.23 bits per heavy atom. The van der Waals surface area contributed by atoms with Crippen LogP contribution >= 0.6 is 0 Å². The highest BCUT2D eigenvalue weighted by Crippen LogP contribution is 1.96. The van der Waals surface area contributed by atoms with E-state index in [1.165, 1.54) is 12.7 Å². The molecule has 0 atom stereocenters. The van der Waals surface area contributed by atoms with Gasteiger partial charge < -0.3 is 4.74 Å². The van der Waals surface area contributed by atoms with Crippen LogP contribution in [0.15, 0.2) is 18.3 Å². The van der Waals surface area contributed by atoms with Crippen molar-refractivity contribution in [2.45, 2.75) is 20.4 Å². The zero-order chi connectivity index (χ0) is 9.84. The van der Waals surface area contributed by atoms with E-state index in [1.807, 2.05) is 36.7 Å². The van der Waals surface area contributed by atoms with Gasteiger partial charge in [0.1, 0.15) is 0 Å². The second-order valence-corrected chi connectivity index (χ2v) is 3.05. The highest BCUT2D eigenvalue weighted by molar-refractivity contribution is 5.67. The SMILES string of the molecule is COC(=O)C[n+]1ccc(C)cc1C. The van der Waals surface area contributed by atoms with Crippen LogP contribution in [-0.4, -0.2) is 13.1 Å². The number of hydrogen-bond donors (Lipinski definition) is 0. The molecule has 0 spiro atoms. The molecule has 0 amide bonds. The number of ether oxygens (including phenoxy) is 1. The Kier molecular flexibility index (Phi) is 3.01. The lowest BCUT2D eigenvalue weighted by Crippen LogP contribution is -2.40. The second-order valence-electron chi connectivity index (χ2n) is 3.05. The first-order chi connectivity index (χ1) is 6.13. The maximum Gasteiger partial charge on any atom is 0.372 e. The summed E-state index contributed by atoms with van der Waals surface area (Å²) in [6.07, 6.45) is 1.89. The Bertz CT molecular complexity index is 321. The zero-order valence-corrected chi connectivity index (χ0v) is 8.20. The number of rotatable bonds is 2. The minimum Gasteiger partial charge on any atom is -0.464 e. The average molecular weight is 180 g/mol. The van der Waals surface area contributed by atoms with E-state index in [2.05, 4.69) is 4.74 Å². The van der Waals surface area contributed by atoms with Gasteiger partial charge >= 0.3 is 5.97 Å². The summed E-state index contributed by atoms with van der Waals surface area (Å²) in [6, 6.07) is 4.00. The van der Waals surface area contributed by atoms with Gasteiger partial charge in [-0.3, -0.25) is 0 Å². The third-order valence-electron chi connectivity index (χ3n) is 1.93. The maximum absolute atomic E-state index is 11.0. The molecule has 0 aliphatic rings. The predicted octanol–water partition coefficient (Wildman–Crippen LogP) is 0.764. The van der Waals surface area contributed by atoms with Crippen molar-refractivity contribution >= 4 is 5.97 Å². The number of aryl methyl sites for hydroxylation is 2. The molecule has 0 unspecified atom stereocenters. The summed E-state index contributed by atoms with van der Waals surface area (Å²) >= 11 is 0. The number of esters is 1. The summed E-state index contributed by atoms with van der Waals surface area (Å²) < 4.78 is 6.44. The highest BCUT2D eigenvalue weighted by atomic mass is 16.5. The number of hydrogen-bond acceptors (Lipinski definition) is 2. The van der Waals surface area contributed by atoms with Crippen LogP contribution in [0.4, 0.5) is 0 Å². The molecule has 70 valence electrons. The van der Waals surface area contributed by atoms with E-state index >= 15 is 0 Å². The third kappa shape index (κ3) is 2.54. The maximum atomic E-state index is 11.0. The van der Waals surface area contributed by atoms with Crippen LogP contribution in [0.25, 0.3) is 0 Å². The van der Waals surface area contributed by atoms with Gasteiger partial charge in [-0.15, -0.1) is 0 Å². The lowest BCUT2D eigenvalue weighted by atomic mass is 10.2. The minimum absolute atomic E-state index is 0.225. The average Bonchev–Trinajstić information content (AvgIpc) is 2.09. The van der Waals surface area contributed by atoms with Crippen molar-refractivity contribution in [1.29, 1.82) is 0 Å². The molecule has 1 heterocycles. The minimum atomic E-state index is -0.225. The van der Waals surface area contributed by atoms with Crippen LogP contribution in [0, 0.1) is 13.8 Å². The van der Waals surface area contributed by atoms with Crippen LogP contribution in [-0.2, 0) is 16.1 Å². The molecular weight excluding hydrogens is 166 g/mol. The molecule has 0 saturated carbocycles. The largest absolute Gasteiger partial charge is 0.464 e.